The fourth-order valence-corrected chi connectivity index (χ4v) is 3.35. The van der Waals surface area contributed by atoms with Crippen LogP contribution in [0.5, 0.6) is 0 Å². The summed E-state index contributed by atoms with van der Waals surface area (Å²) in [6, 6.07) is 7.64. The van der Waals surface area contributed by atoms with Gasteiger partial charge in [0.2, 0.25) is 5.91 Å². The topological polar surface area (TPSA) is 41.1 Å². The number of carbonyl (C=O) groups is 1. The van der Waals surface area contributed by atoms with Crippen molar-refractivity contribution in [3.8, 4) is 0 Å². The highest BCUT2D eigenvalue weighted by molar-refractivity contribution is 7.99. The Labute approximate surface area is 129 Å². The average molecular weight is 313 g/mol. The zero-order valence-electron chi connectivity index (χ0n) is 11.9. The van der Waals surface area contributed by atoms with Gasteiger partial charge < -0.3 is 10.6 Å². The molecule has 3 nitrogen and oxygen atoms in total. The maximum absolute atomic E-state index is 12.3. The molecular weight excluding hydrogens is 292 g/mol. The lowest BCUT2D eigenvalue weighted by Crippen LogP contribution is -2.50. The number of hydrogen-bond acceptors (Lipinski definition) is 3. The number of carbonyl (C=O) groups excluding carboxylic acids is 1. The van der Waals surface area contributed by atoms with Gasteiger partial charge in [0, 0.05) is 23.1 Å². The zero-order valence-corrected chi connectivity index (χ0v) is 13.4. The van der Waals surface area contributed by atoms with Crippen LogP contribution in [0.3, 0.4) is 0 Å². The fraction of sp³-hybridized carbons (Fsp3) is 0.533. The van der Waals surface area contributed by atoms with Crippen LogP contribution in [-0.2, 0) is 4.79 Å². The van der Waals surface area contributed by atoms with Crippen molar-refractivity contribution in [2.75, 3.05) is 18.1 Å². The molecule has 5 heteroatoms. The van der Waals surface area contributed by atoms with E-state index in [4.69, 9.17) is 11.6 Å². The van der Waals surface area contributed by atoms with Crippen molar-refractivity contribution in [2.45, 2.75) is 25.9 Å². The summed E-state index contributed by atoms with van der Waals surface area (Å²) in [6.45, 7) is 5.13. The van der Waals surface area contributed by atoms with Gasteiger partial charge in [0.05, 0.1) is 12.1 Å². The Morgan fingerprint density at radius 3 is 2.65 bits per heavy atom. The Morgan fingerprint density at radius 1 is 1.40 bits per heavy atom. The number of rotatable bonds is 4. The molecule has 1 heterocycles. The first-order valence-electron chi connectivity index (χ1n) is 6.95. The van der Waals surface area contributed by atoms with Crippen molar-refractivity contribution in [1.82, 2.24) is 10.6 Å². The summed E-state index contributed by atoms with van der Waals surface area (Å²) in [4.78, 5) is 12.3. The second kappa shape index (κ2) is 7.34. The van der Waals surface area contributed by atoms with Gasteiger partial charge >= 0.3 is 0 Å². The molecule has 0 saturated carbocycles. The molecule has 0 radical (unpaired) electrons. The first-order chi connectivity index (χ1) is 9.58. The number of halogens is 1. The van der Waals surface area contributed by atoms with E-state index in [0.717, 1.165) is 23.6 Å². The lowest BCUT2D eigenvalue weighted by atomic mass is 9.95. The lowest BCUT2D eigenvalue weighted by molar-refractivity contribution is -0.123. The van der Waals surface area contributed by atoms with Crippen molar-refractivity contribution in [1.29, 1.82) is 0 Å². The molecule has 0 aromatic heterocycles. The molecule has 2 unspecified atom stereocenters. The lowest BCUT2D eigenvalue weighted by Gasteiger charge is -2.28. The minimum absolute atomic E-state index is 0.0218. The Kier molecular flexibility index (Phi) is 5.75. The van der Waals surface area contributed by atoms with Gasteiger partial charge in [-0.15, -0.1) is 0 Å². The van der Waals surface area contributed by atoms with Crippen molar-refractivity contribution in [3.63, 3.8) is 0 Å². The Morgan fingerprint density at radius 2 is 2.10 bits per heavy atom. The van der Waals surface area contributed by atoms with E-state index in [-0.39, 0.29) is 18.0 Å². The van der Waals surface area contributed by atoms with E-state index in [1.165, 1.54) is 0 Å². The minimum atomic E-state index is -0.0812. The zero-order chi connectivity index (χ0) is 14.5. The third kappa shape index (κ3) is 4.14. The van der Waals surface area contributed by atoms with Gasteiger partial charge in [0.15, 0.2) is 0 Å². The smallest absolute Gasteiger partial charge is 0.238 e. The van der Waals surface area contributed by atoms with Gasteiger partial charge in [-0.05, 0) is 23.6 Å². The molecule has 1 aromatic rings. The predicted octanol–water partition coefficient (Wildman–Crippen LogP) is 2.86. The summed E-state index contributed by atoms with van der Waals surface area (Å²) in [5, 5.41) is 7.15. The molecule has 2 rings (SSSR count). The SMILES string of the molecule is CC(C)C(NC(=O)C1CSCCN1)c1ccc(Cl)cc1. The molecule has 110 valence electrons. The molecular formula is C15H21ClN2OS. The molecule has 0 spiro atoms. The summed E-state index contributed by atoms with van der Waals surface area (Å²) in [7, 11) is 0. The van der Waals surface area contributed by atoms with E-state index in [1.807, 2.05) is 36.0 Å². The van der Waals surface area contributed by atoms with Crippen LogP contribution in [0.2, 0.25) is 5.02 Å². The second-order valence-electron chi connectivity index (χ2n) is 5.36. The van der Waals surface area contributed by atoms with E-state index in [0.29, 0.717) is 10.9 Å². The maximum atomic E-state index is 12.3. The van der Waals surface area contributed by atoms with Gasteiger partial charge in [-0.25, -0.2) is 0 Å². The van der Waals surface area contributed by atoms with Gasteiger partial charge in [0.1, 0.15) is 0 Å². The normalized spacial score (nSPS) is 20.7. The van der Waals surface area contributed by atoms with E-state index >= 15 is 0 Å². The third-order valence-corrected chi connectivity index (χ3v) is 4.75. The van der Waals surface area contributed by atoms with Crippen LogP contribution in [0.15, 0.2) is 24.3 Å². The van der Waals surface area contributed by atoms with Crippen LogP contribution in [0.1, 0.15) is 25.5 Å². The van der Waals surface area contributed by atoms with E-state index in [1.54, 1.807) is 0 Å². The molecule has 0 aliphatic carbocycles. The highest BCUT2D eigenvalue weighted by atomic mass is 35.5. The summed E-state index contributed by atoms with van der Waals surface area (Å²) >= 11 is 7.75. The number of thioether (sulfide) groups is 1. The Bertz CT molecular complexity index is 444. The molecule has 1 fully saturated rings. The molecule has 1 amide bonds. The van der Waals surface area contributed by atoms with Crippen LogP contribution < -0.4 is 10.6 Å². The molecule has 1 saturated heterocycles. The number of nitrogens with one attached hydrogen (secondary N) is 2. The first kappa shape index (κ1) is 15.7. The standard InChI is InChI=1S/C15H21ClN2OS/c1-10(2)14(11-3-5-12(16)6-4-11)18-15(19)13-9-20-8-7-17-13/h3-6,10,13-14,17H,7-9H2,1-2H3,(H,18,19). The molecule has 2 N–H and O–H groups in total. The predicted molar refractivity (Wildman–Crippen MR) is 86.3 cm³/mol. The summed E-state index contributed by atoms with van der Waals surface area (Å²) < 4.78 is 0. The van der Waals surface area contributed by atoms with Gasteiger partial charge in [0.25, 0.3) is 0 Å². The molecule has 1 aliphatic heterocycles. The largest absolute Gasteiger partial charge is 0.348 e. The average Bonchev–Trinajstić information content (AvgIpc) is 2.46. The van der Waals surface area contributed by atoms with Gasteiger partial charge in [-0.2, -0.15) is 11.8 Å². The number of amides is 1. The quantitative estimate of drug-likeness (QED) is 0.898. The molecule has 0 bridgehead atoms. The second-order valence-corrected chi connectivity index (χ2v) is 6.95. The maximum Gasteiger partial charge on any atom is 0.238 e. The van der Waals surface area contributed by atoms with Crippen molar-refractivity contribution >= 4 is 29.3 Å². The summed E-state index contributed by atoms with van der Waals surface area (Å²) in [6.07, 6.45) is 0. The monoisotopic (exact) mass is 312 g/mol. The first-order valence-corrected chi connectivity index (χ1v) is 8.48. The van der Waals surface area contributed by atoms with Crippen molar-refractivity contribution in [2.24, 2.45) is 5.92 Å². The highest BCUT2D eigenvalue weighted by Gasteiger charge is 2.25. The van der Waals surface area contributed by atoms with Crippen LogP contribution in [0.4, 0.5) is 0 Å². The fourth-order valence-electron chi connectivity index (χ4n) is 2.29. The summed E-state index contributed by atoms with van der Waals surface area (Å²) in [5.74, 6) is 2.34. The van der Waals surface area contributed by atoms with Crippen LogP contribution in [0.25, 0.3) is 0 Å². The van der Waals surface area contributed by atoms with E-state index in [9.17, 15) is 4.79 Å². The minimum Gasteiger partial charge on any atom is -0.348 e. The highest BCUT2D eigenvalue weighted by Crippen LogP contribution is 2.23. The van der Waals surface area contributed by atoms with Crippen LogP contribution in [0, 0.1) is 5.92 Å². The van der Waals surface area contributed by atoms with Crippen LogP contribution in [-0.4, -0.2) is 30.0 Å². The molecule has 20 heavy (non-hydrogen) atoms. The van der Waals surface area contributed by atoms with E-state index in [2.05, 4.69) is 24.5 Å². The number of hydrogen-bond donors (Lipinski definition) is 2. The van der Waals surface area contributed by atoms with Crippen molar-refractivity contribution < 1.29 is 4.79 Å². The summed E-state index contributed by atoms with van der Waals surface area (Å²) in [5.41, 5.74) is 1.10. The van der Waals surface area contributed by atoms with Gasteiger partial charge in [-0.3, -0.25) is 4.79 Å². The third-order valence-electron chi connectivity index (χ3n) is 3.43. The van der Waals surface area contributed by atoms with Crippen LogP contribution >= 0.6 is 23.4 Å². The number of benzene rings is 1. The Hall–Kier alpha value is -0.710. The van der Waals surface area contributed by atoms with Gasteiger partial charge in [-0.1, -0.05) is 37.6 Å². The molecule has 1 aliphatic rings. The Balaban J connectivity index is 2.05. The molecule has 1 aromatic carbocycles. The van der Waals surface area contributed by atoms with E-state index < -0.39 is 0 Å². The van der Waals surface area contributed by atoms with Crippen molar-refractivity contribution in [3.05, 3.63) is 34.9 Å². The molecule has 2 atom stereocenters.